The number of nitrogens with one attached hydrogen (secondary N) is 1. The molecule has 1 fully saturated rings. The number of rotatable bonds is 5. The largest absolute Gasteiger partial charge is 0.361 e. The van der Waals surface area contributed by atoms with Gasteiger partial charge in [0.2, 0.25) is 0 Å². The Balaban J connectivity index is 1.68. The predicted molar refractivity (Wildman–Crippen MR) is 95.8 cm³/mol. The third-order valence-electron chi connectivity index (χ3n) is 5.02. The Morgan fingerprint density at radius 3 is 2.65 bits per heavy atom. The fourth-order valence-electron chi connectivity index (χ4n) is 3.63. The normalized spacial score (nSPS) is 17.8. The van der Waals surface area contributed by atoms with Gasteiger partial charge in [-0.25, -0.2) is 8.42 Å². The molecule has 0 spiro atoms. The van der Waals surface area contributed by atoms with Crippen molar-refractivity contribution in [1.29, 1.82) is 0 Å². The summed E-state index contributed by atoms with van der Waals surface area (Å²) >= 11 is 0. The summed E-state index contributed by atoms with van der Waals surface area (Å²) in [6.45, 7) is 4.83. The number of hydrogen-bond donors (Lipinski definition) is 1. The van der Waals surface area contributed by atoms with Gasteiger partial charge in [0.15, 0.2) is 0 Å². The Hall–Kier alpha value is -1.33. The Bertz CT molecular complexity index is 771. The summed E-state index contributed by atoms with van der Waals surface area (Å²) in [6.07, 6.45) is 6.75. The molecule has 2 aromatic rings. The molecule has 1 saturated heterocycles. The van der Waals surface area contributed by atoms with Crippen LogP contribution in [0.1, 0.15) is 36.8 Å². The average molecular weight is 334 g/mol. The molecule has 1 aliphatic heterocycles. The summed E-state index contributed by atoms with van der Waals surface area (Å²) < 4.78 is 22.6. The summed E-state index contributed by atoms with van der Waals surface area (Å²) in [7, 11) is -2.86. The molecule has 1 aromatic carbocycles. The fourth-order valence-corrected chi connectivity index (χ4v) is 4.22. The summed E-state index contributed by atoms with van der Waals surface area (Å²) in [5.74, 6) is 0.843. The van der Waals surface area contributed by atoms with Crippen LogP contribution in [0.2, 0.25) is 0 Å². The number of aryl methyl sites for hydroxylation is 1. The van der Waals surface area contributed by atoms with Crippen molar-refractivity contribution >= 4 is 20.7 Å². The monoisotopic (exact) mass is 334 g/mol. The first-order chi connectivity index (χ1) is 11.0. The van der Waals surface area contributed by atoms with Gasteiger partial charge in [-0.3, -0.25) is 0 Å². The molecule has 0 aliphatic carbocycles. The minimum Gasteiger partial charge on any atom is -0.361 e. The van der Waals surface area contributed by atoms with Gasteiger partial charge in [-0.2, -0.15) is 0 Å². The second-order valence-corrected chi connectivity index (χ2v) is 8.94. The quantitative estimate of drug-likeness (QED) is 0.914. The molecular weight excluding hydrogens is 308 g/mol. The molecular formula is C18H26N2O2S. The topological polar surface area (TPSA) is 53.2 Å². The van der Waals surface area contributed by atoms with Crippen molar-refractivity contribution in [3.8, 4) is 0 Å². The summed E-state index contributed by atoms with van der Waals surface area (Å²) in [5.41, 5.74) is 4.09. The van der Waals surface area contributed by atoms with Crippen LogP contribution in [0.15, 0.2) is 24.4 Å². The lowest BCUT2D eigenvalue weighted by molar-refractivity contribution is 0.224. The van der Waals surface area contributed by atoms with Crippen LogP contribution < -0.4 is 0 Å². The van der Waals surface area contributed by atoms with Gasteiger partial charge >= 0.3 is 0 Å². The van der Waals surface area contributed by atoms with Crippen molar-refractivity contribution < 1.29 is 8.42 Å². The van der Waals surface area contributed by atoms with E-state index in [9.17, 15) is 8.42 Å². The van der Waals surface area contributed by atoms with Crippen molar-refractivity contribution in [2.45, 2.75) is 32.1 Å². The van der Waals surface area contributed by atoms with E-state index in [2.05, 4.69) is 41.2 Å². The molecule has 2 heterocycles. The number of aromatic nitrogens is 1. The maximum absolute atomic E-state index is 11.3. The van der Waals surface area contributed by atoms with E-state index in [-0.39, 0.29) is 5.75 Å². The van der Waals surface area contributed by atoms with E-state index in [1.54, 1.807) is 0 Å². The summed E-state index contributed by atoms with van der Waals surface area (Å²) in [6, 6.07) is 6.56. The van der Waals surface area contributed by atoms with Crippen LogP contribution >= 0.6 is 0 Å². The first kappa shape index (κ1) is 16.5. The molecule has 0 saturated carbocycles. The smallest absolute Gasteiger partial charge is 0.148 e. The highest BCUT2D eigenvalue weighted by atomic mass is 32.2. The Morgan fingerprint density at radius 2 is 2.00 bits per heavy atom. The highest BCUT2D eigenvalue weighted by Crippen LogP contribution is 2.34. The Labute approximate surface area is 138 Å². The molecule has 1 aromatic heterocycles. The molecule has 126 valence electrons. The SMILES string of the molecule is CCc1cccc2c(C3CCN(CCS(C)(=O)=O)CC3)c[nH]c12. The number of sulfone groups is 1. The van der Waals surface area contributed by atoms with Crippen LogP contribution in [-0.2, 0) is 16.3 Å². The molecule has 0 unspecified atom stereocenters. The zero-order valence-electron chi connectivity index (χ0n) is 14.0. The van der Waals surface area contributed by atoms with E-state index in [1.807, 2.05) is 0 Å². The number of fused-ring (bicyclic) bond motifs is 1. The van der Waals surface area contributed by atoms with Gasteiger partial charge in [0.25, 0.3) is 0 Å². The van der Waals surface area contributed by atoms with Gasteiger partial charge in [-0.05, 0) is 49.4 Å². The van der Waals surface area contributed by atoms with Crippen LogP contribution in [0.5, 0.6) is 0 Å². The minimum atomic E-state index is -2.86. The zero-order chi connectivity index (χ0) is 16.4. The molecule has 1 aliphatic rings. The van der Waals surface area contributed by atoms with Gasteiger partial charge in [0.1, 0.15) is 9.84 Å². The van der Waals surface area contributed by atoms with Crippen molar-refractivity contribution in [2.24, 2.45) is 0 Å². The van der Waals surface area contributed by atoms with Crippen molar-refractivity contribution in [3.63, 3.8) is 0 Å². The maximum atomic E-state index is 11.3. The number of benzene rings is 1. The standard InChI is InChI=1S/C18H26N2O2S/c1-3-14-5-4-6-16-17(13-19-18(14)16)15-7-9-20(10-8-15)11-12-23(2,21)22/h4-6,13,15,19H,3,7-12H2,1-2H3. The van der Waals surface area contributed by atoms with Gasteiger partial charge in [0.05, 0.1) is 5.75 Å². The zero-order valence-corrected chi connectivity index (χ0v) is 14.8. The van der Waals surface area contributed by atoms with Crippen LogP contribution in [-0.4, -0.2) is 49.9 Å². The molecule has 3 rings (SSSR count). The minimum absolute atomic E-state index is 0.268. The molecule has 5 heteroatoms. The fraction of sp³-hybridized carbons (Fsp3) is 0.556. The Morgan fingerprint density at radius 1 is 1.26 bits per heavy atom. The van der Waals surface area contributed by atoms with E-state index in [0.29, 0.717) is 12.5 Å². The maximum Gasteiger partial charge on any atom is 0.148 e. The number of aromatic amines is 1. The van der Waals surface area contributed by atoms with E-state index >= 15 is 0 Å². The molecule has 23 heavy (non-hydrogen) atoms. The summed E-state index contributed by atoms with van der Waals surface area (Å²) in [5, 5.41) is 1.36. The van der Waals surface area contributed by atoms with Crippen molar-refractivity contribution in [2.75, 3.05) is 31.6 Å². The number of nitrogens with zero attached hydrogens (tertiary/aromatic N) is 1. The number of hydrogen-bond acceptors (Lipinski definition) is 3. The van der Waals surface area contributed by atoms with Gasteiger partial charge < -0.3 is 9.88 Å². The second-order valence-electron chi connectivity index (χ2n) is 6.68. The van der Waals surface area contributed by atoms with Gasteiger partial charge in [0, 0.05) is 29.9 Å². The first-order valence-corrected chi connectivity index (χ1v) is 10.5. The first-order valence-electron chi connectivity index (χ1n) is 8.47. The molecule has 0 radical (unpaired) electrons. The molecule has 0 bridgehead atoms. The van der Waals surface area contributed by atoms with Gasteiger partial charge in [-0.15, -0.1) is 0 Å². The summed E-state index contributed by atoms with van der Waals surface area (Å²) in [4.78, 5) is 5.75. The van der Waals surface area contributed by atoms with Crippen LogP contribution in [0.4, 0.5) is 0 Å². The molecule has 4 nitrogen and oxygen atoms in total. The highest BCUT2D eigenvalue weighted by molar-refractivity contribution is 7.90. The average Bonchev–Trinajstić information content (AvgIpc) is 2.96. The van der Waals surface area contributed by atoms with E-state index in [4.69, 9.17) is 0 Å². The molecule has 1 N–H and O–H groups in total. The number of piperidine rings is 1. The lowest BCUT2D eigenvalue weighted by Gasteiger charge is -2.31. The van der Waals surface area contributed by atoms with Gasteiger partial charge in [-0.1, -0.05) is 25.1 Å². The van der Waals surface area contributed by atoms with E-state index in [1.165, 1.54) is 28.3 Å². The van der Waals surface area contributed by atoms with Crippen LogP contribution in [0, 0.1) is 0 Å². The number of H-pyrrole nitrogens is 1. The second kappa shape index (κ2) is 6.65. The van der Waals surface area contributed by atoms with E-state index in [0.717, 1.165) is 32.4 Å². The van der Waals surface area contributed by atoms with Crippen LogP contribution in [0.25, 0.3) is 10.9 Å². The third-order valence-corrected chi connectivity index (χ3v) is 5.94. The van der Waals surface area contributed by atoms with Crippen molar-refractivity contribution in [3.05, 3.63) is 35.5 Å². The highest BCUT2D eigenvalue weighted by Gasteiger charge is 2.23. The third kappa shape index (κ3) is 3.78. The number of likely N-dealkylation sites (tertiary alicyclic amines) is 1. The Kier molecular flexibility index (Phi) is 4.78. The lowest BCUT2D eigenvalue weighted by atomic mass is 9.89. The molecule has 0 amide bonds. The van der Waals surface area contributed by atoms with Crippen molar-refractivity contribution in [1.82, 2.24) is 9.88 Å². The lowest BCUT2D eigenvalue weighted by Crippen LogP contribution is -2.36. The van der Waals surface area contributed by atoms with Crippen LogP contribution in [0.3, 0.4) is 0 Å². The molecule has 0 atom stereocenters. The predicted octanol–water partition coefficient (Wildman–Crippen LogP) is 2.95. The van der Waals surface area contributed by atoms with E-state index < -0.39 is 9.84 Å². The number of para-hydroxylation sites is 1.